The van der Waals surface area contributed by atoms with Gasteiger partial charge >= 0.3 is 0 Å². The van der Waals surface area contributed by atoms with E-state index in [4.69, 9.17) is 5.73 Å². The molecule has 0 spiro atoms. The number of halogens is 2. The highest BCUT2D eigenvalue weighted by molar-refractivity contribution is 14.1. The normalized spacial score (nSPS) is 12.4. The number of nitrogens with two attached hydrogens (primary N) is 1. The minimum Gasteiger partial charge on any atom is -0.324 e. The van der Waals surface area contributed by atoms with E-state index < -0.39 is 0 Å². The van der Waals surface area contributed by atoms with Crippen molar-refractivity contribution in [1.29, 1.82) is 0 Å². The van der Waals surface area contributed by atoms with E-state index in [1.165, 1.54) is 12.1 Å². The van der Waals surface area contributed by atoms with E-state index in [9.17, 15) is 4.39 Å². The number of aromatic nitrogens is 1. The highest BCUT2D eigenvalue weighted by Gasteiger charge is 2.11. The molecular weight excluding hydrogens is 342 g/mol. The first-order chi connectivity index (χ1) is 8.56. The van der Waals surface area contributed by atoms with E-state index in [-0.39, 0.29) is 11.9 Å². The van der Waals surface area contributed by atoms with E-state index >= 15 is 0 Å². The quantitative estimate of drug-likeness (QED) is 0.857. The standard InChI is InChI=1S/C14H14FIN2/c1-9-2-4-11(18-8-9)7-14(17)12-5-3-10(15)6-13(12)16/h2-6,8,14H,7,17H2,1H3. The molecule has 4 heteroatoms. The second-order valence-corrected chi connectivity index (χ2v) is 5.47. The van der Waals surface area contributed by atoms with Gasteiger partial charge in [0.15, 0.2) is 0 Å². The second kappa shape index (κ2) is 5.75. The van der Waals surface area contributed by atoms with Gasteiger partial charge in [0.05, 0.1) is 0 Å². The average molecular weight is 356 g/mol. The molecule has 0 saturated carbocycles. The van der Waals surface area contributed by atoms with Gasteiger partial charge in [-0.25, -0.2) is 4.39 Å². The molecule has 2 nitrogen and oxygen atoms in total. The third-order valence-electron chi connectivity index (χ3n) is 2.76. The topological polar surface area (TPSA) is 38.9 Å². The summed E-state index contributed by atoms with van der Waals surface area (Å²) < 4.78 is 13.9. The monoisotopic (exact) mass is 356 g/mol. The number of hydrogen-bond acceptors (Lipinski definition) is 2. The summed E-state index contributed by atoms with van der Waals surface area (Å²) in [4.78, 5) is 4.33. The van der Waals surface area contributed by atoms with Crippen LogP contribution in [0.3, 0.4) is 0 Å². The van der Waals surface area contributed by atoms with Gasteiger partial charge in [0.1, 0.15) is 5.82 Å². The summed E-state index contributed by atoms with van der Waals surface area (Å²) in [6.45, 7) is 2.00. The minimum atomic E-state index is -0.233. The highest BCUT2D eigenvalue weighted by atomic mass is 127. The number of hydrogen-bond donors (Lipinski definition) is 1. The van der Waals surface area contributed by atoms with Crippen LogP contribution in [0.15, 0.2) is 36.5 Å². The predicted molar refractivity (Wildman–Crippen MR) is 78.7 cm³/mol. The van der Waals surface area contributed by atoms with E-state index in [0.29, 0.717) is 6.42 Å². The van der Waals surface area contributed by atoms with Crippen LogP contribution in [-0.4, -0.2) is 4.98 Å². The largest absolute Gasteiger partial charge is 0.324 e. The first kappa shape index (κ1) is 13.4. The van der Waals surface area contributed by atoms with Crippen LogP contribution < -0.4 is 5.73 Å². The van der Waals surface area contributed by atoms with Crippen LogP contribution in [0.2, 0.25) is 0 Å². The molecular formula is C14H14FIN2. The molecule has 94 valence electrons. The van der Waals surface area contributed by atoms with Crippen molar-refractivity contribution >= 4 is 22.6 Å². The third-order valence-corrected chi connectivity index (χ3v) is 3.70. The van der Waals surface area contributed by atoms with Crippen molar-refractivity contribution in [3.8, 4) is 0 Å². The fourth-order valence-electron chi connectivity index (χ4n) is 1.76. The molecule has 1 atom stereocenters. The zero-order valence-electron chi connectivity index (χ0n) is 10.0. The Kier molecular flexibility index (Phi) is 4.29. The average Bonchev–Trinajstić information content (AvgIpc) is 2.32. The van der Waals surface area contributed by atoms with Crippen LogP contribution in [0, 0.1) is 16.3 Å². The van der Waals surface area contributed by atoms with Gasteiger partial charge in [-0.05, 0) is 58.8 Å². The number of rotatable bonds is 3. The predicted octanol–water partition coefficient (Wildman–Crippen LogP) is 3.38. The molecule has 2 N–H and O–H groups in total. The second-order valence-electron chi connectivity index (χ2n) is 4.30. The summed E-state index contributed by atoms with van der Waals surface area (Å²) in [5, 5.41) is 0. The summed E-state index contributed by atoms with van der Waals surface area (Å²) in [5.74, 6) is -0.233. The molecule has 0 saturated heterocycles. The zero-order chi connectivity index (χ0) is 13.1. The first-order valence-electron chi connectivity index (χ1n) is 5.68. The van der Waals surface area contributed by atoms with E-state index in [1.54, 1.807) is 6.07 Å². The van der Waals surface area contributed by atoms with Crippen molar-refractivity contribution < 1.29 is 4.39 Å². The van der Waals surface area contributed by atoms with Gasteiger partial charge < -0.3 is 5.73 Å². The Bertz CT molecular complexity index is 540. The van der Waals surface area contributed by atoms with Gasteiger partial charge in [0, 0.05) is 27.9 Å². The maximum atomic E-state index is 13.0. The third kappa shape index (κ3) is 3.26. The van der Waals surface area contributed by atoms with Crippen LogP contribution in [0.4, 0.5) is 4.39 Å². The first-order valence-corrected chi connectivity index (χ1v) is 6.76. The van der Waals surface area contributed by atoms with Crippen LogP contribution in [0.25, 0.3) is 0 Å². The fourth-order valence-corrected chi connectivity index (χ4v) is 2.63. The summed E-state index contributed by atoms with van der Waals surface area (Å²) in [6, 6.07) is 8.53. The Morgan fingerprint density at radius 3 is 2.72 bits per heavy atom. The van der Waals surface area contributed by atoms with Crippen LogP contribution in [-0.2, 0) is 6.42 Å². The number of aryl methyl sites for hydroxylation is 1. The number of benzene rings is 1. The molecule has 0 amide bonds. The van der Waals surface area contributed by atoms with Crippen LogP contribution >= 0.6 is 22.6 Å². The Morgan fingerprint density at radius 2 is 2.11 bits per heavy atom. The molecule has 1 unspecified atom stereocenters. The van der Waals surface area contributed by atoms with Crippen molar-refractivity contribution in [2.45, 2.75) is 19.4 Å². The lowest BCUT2D eigenvalue weighted by molar-refractivity contribution is 0.622. The summed E-state index contributed by atoms with van der Waals surface area (Å²) in [6.07, 6.45) is 2.49. The Labute approximate surface area is 120 Å². The molecule has 0 radical (unpaired) electrons. The van der Waals surface area contributed by atoms with E-state index in [1.807, 2.05) is 25.3 Å². The molecule has 0 aliphatic rings. The molecule has 2 rings (SSSR count). The van der Waals surface area contributed by atoms with Crippen molar-refractivity contribution in [2.24, 2.45) is 5.73 Å². The maximum absolute atomic E-state index is 13.0. The lowest BCUT2D eigenvalue weighted by Crippen LogP contribution is -2.15. The van der Waals surface area contributed by atoms with Gasteiger partial charge in [-0.15, -0.1) is 0 Å². The van der Waals surface area contributed by atoms with E-state index in [0.717, 1.165) is 20.4 Å². The van der Waals surface area contributed by atoms with Gasteiger partial charge in [0.25, 0.3) is 0 Å². The maximum Gasteiger partial charge on any atom is 0.124 e. The molecule has 1 aromatic heterocycles. The minimum absolute atomic E-state index is 0.160. The van der Waals surface area contributed by atoms with Crippen molar-refractivity contribution in [3.05, 3.63) is 62.7 Å². The smallest absolute Gasteiger partial charge is 0.124 e. The highest BCUT2D eigenvalue weighted by Crippen LogP contribution is 2.22. The lowest BCUT2D eigenvalue weighted by Gasteiger charge is -2.13. The van der Waals surface area contributed by atoms with E-state index in [2.05, 4.69) is 27.6 Å². The molecule has 2 aromatic rings. The molecule has 18 heavy (non-hydrogen) atoms. The Balaban J connectivity index is 2.16. The SMILES string of the molecule is Cc1ccc(CC(N)c2ccc(F)cc2I)nc1. The van der Waals surface area contributed by atoms with Crippen molar-refractivity contribution in [1.82, 2.24) is 4.98 Å². The molecule has 0 fully saturated rings. The lowest BCUT2D eigenvalue weighted by atomic mass is 10.0. The summed E-state index contributed by atoms with van der Waals surface area (Å²) in [7, 11) is 0. The van der Waals surface area contributed by atoms with Crippen LogP contribution in [0.5, 0.6) is 0 Å². The fraction of sp³-hybridized carbons (Fsp3) is 0.214. The summed E-state index contributed by atoms with van der Waals surface area (Å²) in [5.41, 5.74) is 9.19. The van der Waals surface area contributed by atoms with Gasteiger partial charge in [-0.2, -0.15) is 0 Å². The molecule has 1 heterocycles. The number of nitrogens with zero attached hydrogens (tertiary/aromatic N) is 1. The van der Waals surface area contributed by atoms with Crippen molar-refractivity contribution in [2.75, 3.05) is 0 Å². The van der Waals surface area contributed by atoms with Gasteiger partial charge in [-0.3, -0.25) is 4.98 Å². The molecule has 0 aliphatic heterocycles. The Morgan fingerprint density at radius 1 is 1.33 bits per heavy atom. The zero-order valence-corrected chi connectivity index (χ0v) is 12.2. The van der Waals surface area contributed by atoms with Crippen molar-refractivity contribution in [3.63, 3.8) is 0 Å². The molecule has 1 aromatic carbocycles. The number of pyridine rings is 1. The summed E-state index contributed by atoms with van der Waals surface area (Å²) >= 11 is 2.11. The molecule has 0 bridgehead atoms. The molecule has 0 aliphatic carbocycles. The van der Waals surface area contributed by atoms with Gasteiger partial charge in [0.2, 0.25) is 0 Å². The Hall–Kier alpha value is -1.01. The van der Waals surface area contributed by atoms with Crippen LogP contribution in [0.1, 0.15) is 22.9 Å². The van der Waals surface area contributed by atoms with Gasteiger partial charge in [-0.1, -0.05) is 12.1 Å².